The number of phosphoric ester groups is 1. The summed E-state index contributed by atoms with van der Waals surface area (Å²) in [7, 11) is -3.91. The maximum absolute atomic E-state index is 10.3. The first kappa shape index (κ1) is 20.0. The fraction of sp³-hybridized carbons (Fsp3) is 1.00. The van der Waals surface area contributed by atoms with E-state index in [4.69, 9.17) is 4.89 Å². The van der Waals surface area contributed by atoms with Crippen molar-refractivity contribution >= 4 is 7.82 Å². The molecule has 0 bridgehead atoms. The van der Waals surface area contributed by atoms with Crippen LogP contribution in [-0.2, 0) is 13.7 Å². The molecule has 0 heterocycles. The van der Waals surface area contributed by atoms with Gasteiger partial charge in [-0.2, -0.15) is 0 Å². The quantitative estimate of drug-likeness (QED) is 0.533. The average Bonchev–Trinajstić information content (AvgIpc) is 2.36. The Kier molecular flexibility index (Phi) is 9.89. The van der Waals surface area contributed by atoms with Crippen LogP contribution >= 0.6 is 7.82 Å². The van der Waals surface area contributed by atoms with Crippen LogP contribution in [0.15, 0.2) is 0 Å². The topological polar surface area (TPSA) is 102 Å². The molecule has 1 rings (SSSR count). The average molecular weight is 311 g/mol. The molecule has 0 aromatic carbocycles. The summed E-state index contributed by atoms with van der Waals surface area (Å²) in [5.74, 6) is 6.36. The third-order valence-corrected chi connectivity index (χ3v) is 4.35. The Bertz CT molecular complexity index is 300. The Morgan fingerprint density at radius 1 is 1.40 bits per heavy atom. The fourth-order valence-electron chi connectivity index (χ4n) is 2.39. The highest BCUT2D eigenvalue weighted by Crippen LogP contribution is 2.40. The van der Waals surface area contributed by atoms with Gasteiger partial charge in [-0.25, -0.2) is 15.1 Å². The van der Waals surface area contributed by atoms with Crippen molar-refractivity contribution in [3.63, 3.8) is 0 Å². The molecule has 0 aromatic heterocycles. The first-order chi connectivity index (χ1) is 9.23. The minimum Gasteiger partial charge on any atom is -0.393 e. The molecule has 4 unspecified atom stereocenters. The van der Waals surface area contributed by atoms with Crippen LogP contribution in [0.4, 0.5) is 0 Å². The Balaban J connectivity index is 0.000000370. The molecule has 0 aromatic rings. The van der Waals surface area contributed by atoms with Crippen LogP contribution in [0.3, 0.4) is 0 Å². The Labute approximate surface area is 122 Å². The predicted octanol–water partition coefficient (Wildman–Crippen LogP) is 2.84. The molecule has 1 aliphatic carbocycles. The van der Waals surface area contributed by atoms with Gasteiger partial charge in [0.1, 0.15) is 0 Å². The van der Waals surface area contributed by atoms with Gasteiger partial charge < -0.3 is 10.00 Å². The van der Waals surface area contributed by atoms with Gasteiger partial charge in [-0.3, -0.25) is 4.52 Å². The zero-order valence-corrected chi connectivity index (χ0v) is 13.9. The minimum atomic E-state index is -3.91. The molecule has 1 saturated carbocycles. The van der Waals surface area contributed by atoms with Crippen molar-refractivity contribution in [2.45, 2.75) is 59.5 Å². The normalized spacial score (nSPS) is 29.5. The van der Waals surface area contributed by atoms with Crippen molar-refractivity contribution in [3.05, 3.63) is 0 Å². The summed E-state index contributed by atoms with van der Waals surface area (Å²) in [5.41, 5.74) is 0. The lowest BCUT2D eigenvalue weighted by Crippen LogP contribution is -2.31. The highest BCUT2D eigenvalue weighted by atomic mass is 31.2. The maximum Gasteiger partial charge on any atom is 0.488 e. The number of nitrogens with two attached hydrogens (primary N) is 1. The summed E-state index contributed by atoms with van der Waals surface area (Å²) in [5, 5.41) is 9.71. The first-order valence-electron chi connectivity index (χ1n) is 7.27. The largest absolute Gasteiger partial charge is 0.488 e. The number of aliphatic hydroxyl groups is 1. The van der Waals surface area contributed by atoms with Gasteiger partial charge in [-0.15, -0.1) is 0 Å². The molecular formula is C13H30NO5P. The van der Waals surface area contributed by atoms with Crippen LogP contribution in [0.25, 0.3) is 0 Å². The van der Waals surface area contributed by atoms with Gasteiger partial charge in [0.25, 0.3) is 0 Å². The van der Waals surface area contributed by atoms with Gasteiger partial charge in [-0.05, 0) is 37.0 Å². The van der Waals surface area contributed by atoms with E-state index >= 15 is 0 Å². The molecule has 122 valence electrons. The van der Waals surface area contributed by atoms with E-state index in [-0.39, 0.29) is 12.7 Å². The molecule has 7 heteroatoms. The van der Waals surface area contributed by atoms with E-state index < -0.39 is 7.82 Å². The molecule has 0 saturated heterocycles. The van der Waals surface area contributed by atoms with Gasteiger partial charge in [-0.1, -0.05) is 34.1 Å². The molecule has 0 spiro atoms. The van der Waals surface area contributed by atoms with Gasteiger partial charge in [0.2, 0.25) is 0 Å². The van der Waals surface area contributed by atoms with E-state index in [1.165, 1.54) is 12.8 Å². The third-order valence-electron chi connectivity index (χ3n) is 3.58. The van der Waals surface area contributed by atoms with Gasteiger partial charge in [0.15, 0.2) is 0 Å². The highest BCUT2D eigenvalue weighted by molar-refractivity contribution is 7.47. The van der Waals surface area contributed by atoms with Crippen molar-refractivity contribution < 1.29 is 23.7 Å². The second kappa shape index (κ2) is 9.87. The molecule has 20 heavy (non-hydrogen) atoms. The van der Waals surface area contributed by atoms with Crippen LogP contribution in [0.1, 0.15) is 53.4 Å². The monoisotopic (exact) mass is 311 g/mol. The van der Waals surface area contributed by atoms with E-state index in [2.05, 4.69) is 35.8 Å². The van der Waals surface area contributed by atoms with Crippen molar-refractivity contribution in [2.75, 3.05) is 6.61 Å². The van der Waals surface area contributed by atoms with Crippen LogP contribution in [0.5, 0.6) is 0 Å². The Morgan fingerprint density at radius 2 is 2.00 bits per heavy atom. The number of phosphoric acid groups is 1. The number of rotatable bonds is 5. The van der Waals surface area contributed by atoms with E-state index in [9.17, 15) is 9.67 Å². The van der Waals surface area contributed by atoms with E-state index in [0.29, 0.717) is 18.3 Å². The standard InChI is InChI=1S/C10H20O.C3H10NO4P/c1-7(2)9-5-4-8(3)6-10(9)11;1-2-3-7-9(5,6)8-4/h7-11H,4-6H2,1-3H3;2-4H2,1H3,(H,5,6). The molecule has 1 aliphatic rings. The van der Waals surface area contributed by atoms with Crippen LogP contribution in [-0.4, -0.2) is 22.7 Å². The van der Waals surface area contributed by atoms with E-state index in [0.717, 1.165) is 12.3 Å². The molecule has 1 fully saturated rings. The molecular weight excluding hydrogens is 281 g/mol. The lowest BCUT2D eigenvalue weighted by Gasteiger charge is -2.33. The number of hydrogen-bond donors (Lipinski definition) is 3. The molecule has 0 aliphatic heterocycles. The molecule has 0 amide bonds. The second-order valence-electron chi connectivity index (χ2n) is 5.80. The van der Waals surface area contributed by atoms with Crippen LogP contribution < -0.4 is 5.90 Å². The van der Waals surface area contributed by atoms with Crippen molar-refractivity contribution in [1.29, 1.82) is 0 Å². The van der Waals surface area contributed by atoms with E-state index in [1.54, 1.807) is 6.92 Å². The molecule has 4 N–H and O–H groups in total. The highest BCUT2D eigenvalue weighted by Gasteiger charge is 2.28. The third kappa shape index (κ3) is 8.35. The number of hydrogen-bond acceptors (Lipinski definition) is 5. The molecule has 0 radical (unpaired) electrons. The predicted molar refractivity (Wildman–Crippen MR) is 78.7 cm³/mol. The zero-order valence-electron chi connectivity index (χ0n) is 13.0. The summed E-state index contributed by atoms with van der Waals surface area (Å²) in [6.07, 6.45) is 4.16. The lowest BCUT2D eigenvalue weighted by atomic mass is 9.75. The smallest absolute Gasteiger partial charge is 0.393 e. The number of aliphatic hydroxyl groups excluding tert-OH is 1. The summed E-state index contributed by atoms with van der Waals surface area (Å²) in [6, 6.07) is 0. The molecule has 4 atom stereocenters. The first-order valence-corrected chi connectivity index (χ1v) is 8.76. The summed E-state index contributed by atoms with van der Waals surface area (Å²) < 4.78 is 18.2. The minimum absolute atomic E-state index is 0.0289. The Hall–Kier alpha value is 0.0300. The fourth-order valence-corrected chi connectivity index (χ4v) is 2.86. The van der Waals surface area contributed by atoms with Crippen molar-refractivity contribution in [2.24, 2.45) is 23.7 Å². The van der Waals surface area contributed by atoms with Gasteiger partial charge >= 0.3 is 7.82 Å². The summed E-state index contributed by atoms with van der Waals surface area (Å²) >= 11 is 0. The van der Waals surface area contributed by atoms with Crippen LogP contribution in [0.2, 0.25) is 0 Å². The van der Waals surface area contributed by atoms with E-state index in [1.807, 2.05) is 0 Å². The van der Waals surface area contributed by atoms with Gasteiger partial charge in [0, 0.05) is 0 Å². The molecule has 6 nitrogen and oxygen atoms in total. The second-order valence-corrected chi connectivity index (χ2v) is 7.21. The van der Waals surface area contributed by atoms with Gasteiger partial charge in [0.05, 0.1) is 12.7 Å². The maximum atomic E-state index is 10.3. The van der Waals surface area contributed by atoms with Crippen molar-refractivity contribution in [1.82, 2.24) is 0 Å². The van der Waals surface area contributed by atoms with Crippen molar-refractivity contribution in [3.8, 4) is 0 Å². The summed E-state index contributed by atoms with van der Waals surface area (Å²) in [6.45, 7) is 8.63. The SMILES string of the molecule is CC1CCC(C(C)C)C(O)C1.CCCOP(=O)(O)ON. The van der Waals surface area contributed by atoms with Crippen LogP contribution in [0, 0.1) is 17.8 Å². The Morgan fingerprint density at radius 3 is 2.40 bits per heavy atom. The lowest BCUT2D eigenvalue weighted by molar-refractivity contribution is 0.0266. The summed E-state index contributed by atoms with van der Waals surface area (Å²) in [4.78, 5) is 8.44. The zero-order chi connectivity index (χ0) is 15.8.